The van der Waals surface area contributed by atoms with Gasteiger partial charge in [-0.05, 0) is 24.7 Å². The van der Waals surface area contributed by atoms with Gasteiger partial charge in [-0.25, -0.2) is 0 Å². The summed E-state index contributed by atoms with van der Waals surface area (Å²) in [6.45, 7) is 4.00. The Bertz CT molecular complexity index is 501. The Labute approximate surface area is 167 Å². The summed E-state index contributed by atoms with van der Waals surface area (Å²) < 4.78 is 5.74. The molecule has 3 N–H and O–H groups in total. The summed E-state index contributed by atoms with van der Waals surface area (Å²) in [6, 6.07) is 0. The molecule has 7 heteroatoms. The minimum absolute atomic E-state index is 0.0553. The number of Topliss-reactive ketones (excluding diaryl/α,β-unsaturated/α-hetero) is 1. The molecule has 2 fully saturated rings. The van der Waals surface area contributed by atoms with Crippen molar-refractivity contribution in [1.29, 1.82) is 0 Å². The number of aliphatic hydroxyl groups excluding tert-OH is 3. The third-order valence-corrected chi connectivity index (χ3v) is 6.61. The fraction of sp³-hybridized carbons (Fsp3) is 0.952. The van der Waals surface area contributed by atoms with E-state index in [9.17, 15) is 25.0 Å². The van der Waals surface area contributed by atoms with Gasteiger partial charge in [0.25, 0.3) is 0 Å². The largest absolute Gasteiger partial charge is 0.388 e. The van der Waals surface area contributed by atoms with Gasteiger partial charge in [0.05, 0.1) is 6.10 Å². The number of unbranched alkanes of at least 4 members (excludes halogenated alkanes) is 3. The zero-order chi connectivity index (χ0) is 20.7. The summed E-state index contributed by atoms with van der Waals surface area (Å²) in [5, 5.41) is 33.5. The van der Waals surface area contributed by atoms with Crippen molar-refractivity contribution in [3.05, 3.63) is 4.91 Å². The standard InChI is InChI=1S/C21H37NO6/c1-3-5-7-9-14-11-16(23)15(10-13(14)8-6-4-2)21-20(26)19(25)18(24)17(28-21)12-22-27/h13-15,17-21,24-26H,3-12H2,1-2H3. The monoisotopic (exact) mass is 399 g/mol. The molecule has 0 bridgehead atoms. The minimum Gasteiger partial charge on any atom is -0.388 e. The van der Waals surface area contributed by atoms with Gasteiger partial charge in [-0.2, -0.15) is 4.91 Å². The van der Waals surface area contributed by atoms with E-state index in [0.29, 0.717) is 24.7 Å². The molecular formula is C21H37NO6. The topological polar surface area (TPSA) is 116 Å². The van der Waals surface area contributed by atoms with Crippen molar-refractivity contribution in [3.63, 3.8) is 0 Å². The van der Waals surface area contributed by atoms with Gasteiger partial charge < -0.3 is 20.1 Å². The molecule has 1 heterocycles. The van der Waals surface area contributed by atoms with Crippen LogP contribution in [0.25, 0.3) is 0 Å². The van der Waals surface area contributed by atoms with E-state index in [1.165, 1.54) is 6.42 Å². The number of hydrogen-bond acceptors (Lipinski definition) is 7. The smallest absolute Gasteiger partial charge is 0.138 e. The molecule has 162 valence electrons. The van der Waals surface area contributed by atoms with Crippen molar-refractivity contribution < 1.29 is 24.9 Å². The third kappa shape index (κ3) is 5.59. The van der Waals surface area contributed by atoms with Crippen LogP contribution in [0.3, 0.4) is 0 Å². The molecule has 0 amide bonds. The zero-order valence-corrected chi connectivity index (χ0v) is 17.2. The Morgan fingerprint density at radius 3 is 2.29 bits per heavy atom. The highest BCUT2D eigenvalue weighted by Gasteiger charge is 2.50. The molecule has 0 aromatic carbocycles. The Kier molecular flexibility index (Phi) is 9.47. The van der Waals surface area contributed by atoms with Crippen LogP contribution in [0.15, 0.2) is 5.18 Å². The second-order valence-electron chi connectivity index (χ2n) is 8.59. The summed E-state index contributed by atoms with van der Waals surface area (Å²) >= 11 is 0. The van der Waals surface area contributed by atoms with Gasteiger partial charge in [0.2, 0.25) is 0 Å². The van der Waals surface area contributed by atoms with E-state index in [0.717, 1.165) is 38.5 Å². The molecular weight excluding hydrogens is 362 g/mol. The molecule has 0 aromatic heterocycles. The van der Waals surface area contributed by atoms with Crippen LogP contribution in [0.1, 0.15) is 71.6 Å². The number of aliphatic hydroxyl groups is 3. The fourth-order valence-electron chi connectivity index (χ4n) is 4.89. The van der Waals surface area contributed by atoms with Gasteiger partial charge in [-0.1, -0.05) is 57.5 Å². The molecule has 0 aromatic rings. The van der Waals surface area contributed by atoms with Crippen molar-refractivity contribution in [3.8, 4) is 0 Å². The van der Waals surface area contributed by atoms with Crippen LogP contribution < -0.4 is 0 Å². The maximum Gasteiger partial charge on any atom is 0.138 e. The highest BCUT2D eigenvalue weighted by atomic mass is 16.5. The van der Waals surface area contributed by atoms with Crippen LogP contribution in [-0.2, 0) is 9.53 Å². The summed E-state index contributed by atoms with van der Waals surface area (Å²) in [7, 11) is 0. The third-order valence-electron chi connectivity index (χ3n) is 6.61. The number of rotatable bonds is 10. The molecule has 1 saturated carbocycles. The molecule has 7 nitrogen and oxygen atoms in total. The van der Waals surface area contributed by atoms with Gasteiger partial charge >= 0.3 is 0 Å². The zero-order valence-electron chi connectivity index (χ0n) is 17.2. The van der Waals surface area contributed by atoms with Crippen LogP contribution in [0.5, 0.6) is 0 Å². The Balaban J connectivity index is 2.12. The summed E-state index contributed by atoms with van der Waals surface area (Å²) in [6.07, 6.45) is 2.75. The Hall–Kier alpha value is -0.890. The lowest BCUT2D eigenvalue weighted by atomic mass is 9.67. The van der Waals surface area contributed by atoms with Crippen molar-refractivity contribution >= 4 is 5.78 Å². The van der Waals surface area contributed by atoms with Crippen LogP contribution >= 0.6 is 0 Å². The first-order valence-electron chi connectivity index (χ1n) is 11.0. The molecule has 1 aliphatic heterocycles. The molecule has 2 rings (SSSR count). The number of carbonyl (C=O) groups is 1. The highest BCUT2D eigenvalue weighted by Crippen LogP contribution is 2.41. The predicted molar refractivity (Wildman–Crippen MR) is 106 cm³/mol. The number of hydrogen-bond donors (Lipinski definition) is 3. The van der Waals surface area contributed by atoms with Crippen molar-refractivity contribution in [2.75, 3.05) is 6.54 Å². The Morgan fingerprint density at radius 2 is 1.64 bits per heavy atom. The molecule has 0 radical (unpaired) electrons. The lowest BCUT2D eigenvalue weighted by Crippen LogP contribution is -2.61. The molecule has 8 atom stereocenters. The molecule has 1 saturated heterocycles. The van der Waals surface area contributed by atoms with E-state index in [1.807, 2.05) is 0 Å². The van der Waals surface area contributed by atoms with Crippen LogP contribution in [0.4, 0.5) is 0 Å². The summed E-state index contributed by atoms with van der Waals surface area (Å²) in [5.74, 6) is 0.294. The molecule has 8 unspecified atom stereocenters. The van der Waals surface area contributed by atoms with E-state index in [1.54, 1.807) is 0 Å². The minimum atomic E-state index is -1.45. The lowest BCUT2D eigenvalue weighted by molar-refractivity contribution is -0.233. The van der Waals surface area contributed by atoms with Gasteiger partial charge in [-0.3, -0.25) is 4.79 Å². The SMILES string of the molecule is CCCCCC1CC(=O)C(C2OC(CN=O)C(O)C(O)C2O)CC1CCCC. The van der Waals surface area contributed by atoms with Crippen molar-refractivity contribution in [2.24, 2.45) is 22.9 Å². The number of nitrogens with zero attached hydrogens (tertiary/aromatic N) is 1. The van der Waals surface area contributed by atoms with E-state index in [2.05, 4.69) is 19.0 Å². The van der Waals surface area contributed by atoms with E-state index in [-0.39, 0.29) is 12.3 Å². The quantitative estimate of drug-likeness (QED) is 0.384. The lowest BCUT2D eigenvalue weighted by Gasteiger charge is -2.45. The van der Waals surface area contributed by atoms with Gasteiger partial charge in [-0.15, -0.1) is 0 Å². The number of ether oxygens (including phenoxy) is 1. The normalized spacial score (nSPS) is 39.1. The summed E-state index contributed by atoms with van der Waals surface area (Å²) in [4.78, 5) is 23.6. The fourth-order valence-corrected chi connectivity index (χ4v) is 4.89. The first-order valence-corrected chi connectivity index (χ1v) is 11.0. The number of ketones is 1. The first-order chi connectivity index (χ1) is 13.4. The van der Waals surface area contributed by atoms with Gasteiger partial charge in [0.15, 0.2) is 0 Å². The van der Waals surface area contributed by atoms with E-state index in [4.69, 9.17) is 4.74 Å². The first kappa shape index (κ1) is 23.4. The predicted octanol–water partition coefficient (Wildman–Crippen LogP) is 2.58. The van der Waals surface area contributed by atoms with Gasteiger partial charge in [0, 0.05) is 12.3 Å². The van der Waals surface area contributed by atoms with Crippen LogP contribution in [-0.4, -0.2) is 58.2 Å². The molecule has 1 aliphatic carbocycles. The maximum atomic E-state index is 12.9. The van der Waals surface area contributed by atoms with Gasteiger partial charge in [0.1, 0.15) is 36.7 Å². The van der Waals surface area contributed by atoms with Crippen LogP contribution in [0.2, 0.25) is 0 Å². The highest BCUT2D eigenvalue weighted by molar-refractivity contribution is 5.82. The second kappa shape index (κ2) is 11.3. The maximum absolute atomic E-state index is 12.9. The average molecular weight is 400 g/mol. The second-order valence-corrected chi connectivity index (χ2v) is 8.59. The molecule has 2 aliphatic rings. The summed E-state index contributed by atoms with van der Waals surface area (Å²) in [5.41, 5.74) is 0. The number of nitroso groups, excluding NO2 is 1. The van der Waals surface area contributed by atoms with Crippen molar-refractivity contribution in [1.82, 2.24) is 0 Å². The molecule has 28 heavy (non-hydrogen) atoms. The van der Waals surface area contributed by atoms with E-state index < -0.39 is 36.4 Å². The number of carbonyl (C=O) groups excluding carboxylic acids is 1. The van der Waals surface area contributed by atoms with Crippen LogP contribution in [0, 0.1) is 22.7 Å². The Morgan fingerprint density at radius 1 is 0.964 bits per heavy atom. The molecule has 0 spiro atoms. The average Bonchev–Trinajstić information content (AvgIpc) is 2.68. The van der Waals surface area contributed by atoms with Crippen molar-refractivity contribution in [2.45, 2.75) is 102 Å². The van der Waals surface area contributed by atoms with E-state index >= 15 is 0 Å².